The lowest BCUT2D eigenvalue weighted by Crippen LogP contribution is -2.19. The number of methoxy groups -OCH3 is 1. The van der Waals surface area contributed by atoms with E-state index in [0.29, 0.717) is 34.2 Å². The van der Waals surface area contributed by atoms with Gasteiger partial charge in [-0.1, -0.05) is 30.2 Å². The first kappa shape index (κ1) is 27.6. The number of benzene rings is 2. The molecule has 13 heteroatoms. The van der Waals surface area contributed by atoms with Crippen LogP contribution in [0.4, 0.5) is 24.8 Å². The molecule has 8 nitrogen and oxygen atoms in total. The van der Waals surface area contributed by atoms with Gasteiger partial charge in [0.25, 0.3) is 0 Å². The van der Waals surface area contributed by atoms with Crippen LogP contribution in [0.1, 0.15) is 36.6 Å². The molecule has 2 heterocycles. The van der Waals surface area contributed by atoms with Gasteiger partial charge in [-0.2, -0.15) is 18.2 Å². The van der Waals surface area contributed by atoms with E-state index >= 15 is 0 Å². The second-order valence-electron chi connectivity index (χ2n) is 8.37. The van der Waals surface area contributed by atoms with E-state index in [1.807, 2.05) is 12.1 Å². The van der Waals surface area contributed by atoms with Crippen LogP contribution in [-0.4, -0.2) is 50.5 Å². The van der Waals surface area contributed by atoms with Gasteiger partial charge in [0.1, 0.15) is 28.8 Å². The third-order valence-electron chi connectivity index (χ3n) is 5.66. The molecule has 0 aliphatic rings. The Labute approximate surface area is 227 Å². The minimum Gasteiger partial charge on any atom is -0.494 e. The fourth-order valence-electron chi connectivity index (χ4n) is 3.88. The van der Waals surface area contributed by atoms with Crippen LogP contribution in [0.5, 0.6) is 11.5 Å². The van der Waals surface area contributed by atoms with E-state index in [-0.39, 0.29) is 11.7 Å². The van der Waals surface area contributed by atoms with Crippen molar-refractivity contribution in [1.29, 1.82) is 0 Å². The Balaban J connectivity index is 1.51. The Morgan fingerprint density at radius 1 is 1.13 bits per heavy atom. The van der Waals surface area contributed by atoms with E-state index in [1.165, 1.54) is 12.1 Å². The first-order valence-electron chi connectivity index (χ1n) is 11.7. The smallest absolute Gasteiger partial charge is 0.422 e. The molecule has 0 fully saturated rings. The Kier molecular flexibility index (Phi) is 9.01. The van der Waals surface area contributed by atoms with Gasteiger partial charge in [-0.3, -0.25) is 5.10 Å². The molecule has 0 aliphatic carbocycles. The zero-order valence-electron chi connectivity index (χ0n) is 20.3. The maximum atomic E-state index is 12.5. The van der Waals surface area contributed by atoms with Crippen LogP contribution in [-0.2, 0) is 0 Å². The van der Waals surface area contributed by atoms with Crippen LogP contribution in [0.15, 0.2) is 55.0 Å². The molecule has 4 rings (SSSR count). The molecule has 0 radical (unpaired) electrons. The molecule has 1 unspecified atom stereocenters. The Morgan fingerprint density at radius 2 is 1.92 bits per heavy atom. The zero-order chi connectivity index (χ0) is 27.1. The fourth-order valence-corrected chi connectivity index (χ4v) is 4.22. The highest BCUT2D eigenvalue weighted by Crippen LogP contribution is 2.32. The predicted molar refractivity (Wildman–Crippen MR) is 139 cm³/mol. The molecule has 0 amide bonds. The lowest BCUT2D eigenvalue weighted by molar-refractivity contribution is -0.153. The Bertz CT molecular complexity index is 1330. The van der Waals surface area contributed by atoms with Gasteiger partial charge in [-0.05, 0) is 42.7 Å². The summed E-state index contributed by atoms with van der Waals surface area (Å²) in [6.45, 7) is -1.34. The van der Waals surface area contributed by atoms with Gasteiger partial charge < -0.3 is 19.4 Å². The number of unbranched alkanes of at least 4 members (excludes halogenated alkanes) is 1. The van der Waals surface area contributed by atoms with E-state index in [9.17, 15) is 13.2 Å². The summed E-state index contributed by atoms with van der Waals surface area (Å²) in [5.41, 5.74) is 2.33. The van der Waals surface area contributed by atoms with Crippen molar-refractivity contribution in [1.82, 2.24) is 24.7 Å². The molecular formula is C25H25Cl2F3N6O2. The Hall–Kier alpha value is -3.44. The number of hydrogen-bond donors (Lipinski definition) is 2. The minimum absolute atomic E-state index is 0.140. The maximum Gasteiger partial charge on any atom is 0.422 e. The zero-order valence-corrected chi connectivity index (χ0v) is 21.8. The summed E-state index contributed by atoms with van der Waals surface area (Å²) >= 11 is 11.8. The number of ether oxygens (including phenoxy) is 2. The molecule has 0 aliphatic heterocycles. The van der Waals surface area contributed by atoms with E-state index in [0.717, 1.165) is 30.5 Å². The highest BCUT2D eigenvalue weighted by atomic mass is 35.5. The van der Waals surface area contributed by atoms with Gasteiger partial charge >= 0.3 is 6.18 Å². The summed E-state index contributed by atoms with van der Waals surface area (Å²) < 4.78 is 49.5. The molecule has 202 valence electrons. The second-order valence-corrected chi connectivity index (χ2v) is 9.13. The van der Waals surface area contributed by atoms with E-state index in [1.54, 1.807) is 42.4 Å². The monoisotopic (exact) mass is 568 g/mol. The average Bonchev–Trinajstić information content (AvgIpc) is 3.54. The summed E-state index contributed by atoms with van der Waals surface area (Å²) in [4.78, 5) is 8.65. The SMILES string of the molecule is COc1cc(Nc2n[nH]c(C(CCCCCl)c3ccc(OCC(F)(F)F)cc3)n2)ccc1-n1cnc(Cl)c1. The molecule has 0 bridgehead atoms. The quantitative estimate of drug-likeness (QED) is 0.143. The number of halogens is 5. The van der Waals surface area contributed by atoms with Crippen LogP contribution >= 0.6 is 23.2 Å². The second kappa shape index (κ2) is 12.4. The summed E-state index contributed by atoms with van der Waals surface area (Å²) in [7, 11) is 1.57. The summed E-state index contributed by atoms with van der Waals surface area (Å²) in [5.74, 6) is 2.06. The predicted octanol–water partition coefficient (Wildman–Crippen LogP) is 6.88. The largest absolute Gasteiger partial charge is 0.494 e. The summed E-state index contributed by atoms with van der Waals surface area (Å²) in [5, 5.41) is 10.8. The number of hydrogen-bond acceptors (Lipinski definition) is 6. The van der Waals surface area contributed by atoms with Crippen molar-refractivity contribution in [3.05, 3.63) is 71.5 Å². The molecule has 0 saturated carbocycles. The number of alkyl halides is 4. The molecule has 2 N–H and O–H groups in total. The summed E-state index contributed by atoms with van der Waals surface area (Å²) in [6, 6.07) is 12.0. The lowest BCUT2D eigenvalue weighted by Gasteiger charge is -2.16. The van der Waals surface area contributed by atoms with Gasteiger partial charge in [0.2, 0.25) is 5.95 Å². The number of nitrogens with zero attached hydrogens (tertiary/aromatic N) is 4. The normalized spacial score (nSPS) is 12.4. The molecule has 4 aromatic rings. The number of aromatic amines is 1. The summed E-state index contributed by atoms with van der Waals surface area (Å²) in [6.07, 6.45) is 1.24. The number of H-pyrrole nitrogens is 1. The number of nitrogens with one attached hydrogen (secondary N) is 2. The first-order valence-corrected chi connectivity index (χ1v) is 12.6. The standard InChI is InChI=1S/C25H25Cl2F3N6O2/c1-37-21-12-17(7-10-20(21)36-13-22(27)31-15-36)32-24-33-23(34-35-24)19(4-2-3-11-26)16-5-8-18(9-6-16)38-14-25(28,29)30/h5-10,12-13,15,19H,2-4,11,14H2,1H3,(H2,32,33,34,35). The van der Waals surface area contributed by atoms with Gasteiger partial charge in [0.15, 0.2) is 6.61 Å². The third-order valence-corrected chi connectivity index (χ3v) is 6.12. The van der Waals surface area contributed by atoms with Crippen LogP contribution < -0.4 is 14.8 Å². The van der Waals surface area contributed by atoms with Crippen LogP contribution in [0, 0.1) is 0 Å². The van der Waals surface area contributed by atoms with Crippen molar-refractivity contribution in [2.24, 2.45) is 0 Å². The highest BCUT2D eigenvalue weighted by Gasteiger charge is 2.28. The molecule has 2 aromatic heterocycles. The van der Waals surface area contributed by atoms with E-state index in [4.69, 9.17) is 32.7 Å². The van der Waals surface area contributed by atoms with E-state index < -0.39 is 12.8 Å². The van der Waals surface area contributed by atoms with Crippen LogP contribution in [0.3, 0.4) is 0 Å². The van der Waals surface area contributed by atoms with Gasteiger partial charge in [0, 0.05) is 29.7 Å². The van der Waals surface area contributed by atoms with Crippen molar-refractivity contribution >= 4 is 34.8 Å². The van der Waals surface area contributed by atoms with Crippen molar-refractivity contribution in [2.75, 3.05) is 24.9 Å². The van der Waals surface area contributed by atoms with Crippen LogP contribution in [0.2, 0.25) is 5.15 Å². The molecule has 38 heavy (non-hydrogen) atoms. The van der Waals surface area contributed by atoms with Gasteiger partial charge in [-0.25, -0.2) is 4.98 Å². The molecule has 2 aromatic carbocycles. The topological polar surface area (TPSA) is 89.9 Å². The molecule has 1 atom stereocenters. The number of aromatic nitrogens is 5. The fraction of sp³-hybridized carbons (Fsp3) is 0.320. The van der Waals surface area contributed by atoms with Gasteiger partial charge in [-0.15, -0.1) is 16.7 Å². The van der Waals surface area contributed by atoms with Crippen molar-refractivity contribution in [2.45, 2.75) is 31.4 Å². The number of anilines is 2. The van der Waals surface area contributed by atoms with Crippen molar-refractivity contribution in [3.8, 4) is 17.2 Å². The molecular weight excluding hydrogens is 544 g/mol. The van der Waals surface area contributed by atoms with Gasteiger partial charge in [0.05, 0.1) is 12.8 Å². The van der Waals surface area contributed by atoms with E-state index in [2.05, 4.69) is 25.5 Å². The number of rotatable bonds is 12. The maximum absolute atomic E-state index is 12.5. The molecule has 0 saturated heterocycles. The highest BCUT2D eigenvalue weighted by molar-refractivity contribution is 6.29. The Morgan fingerprint density at radius 3 is 2.58 bits per heavy atom. The number of imidazole rings is 1. The van der Waals surface area contributed by atoms with Crippen molar-refractivity contribution in [3.63, 3.8) is 0 Å². The average molecular weight is 569 g/mol. The third kappa shape index (κ3) is 7.32. The van der Waals surface area contributed by atoms with Crippen molar-refractivity contribution < 1.29 is 22.6 Å². The van der Waals surface area contributed by atoms with Crippen LogP contribution in [0.25, 0.3) is 5.69 Å². The first-order chi connectivity index (χ1) is 18.3. The lowest BCUT2D eigenvalue weighted by atomic mass is 9.93. The minimum atomic E-state index is -4.40. The molecule has 0 spiro atoms.